The van der Waals surface area contributed by atoms with Gasteiger partial charge in [-0.1, -0.05) is 25.1 Å². The summed E-state index contributed by atoms with van der Waals surface area (Å²) >= 11 is 0. The van der Waals surface area contributed by atoms with Gasteiger partial charge in [0.15, 0.2) is 0 Å². The van der Waals surface area contributed by atoms with Crippen LogP contribution in [0, 0.1) is 6.92 Å². The van der Waals surface area contributed by atoms with Crippen LogP contribution in [0.3, 0.4) is 0 Å². The van der Waals surface area contributed by atoms with E-state index in [1.165, 1.54) is 22.2 Å². The van der Waals surface area contributed by atoms with Crippen LogP contribution in [0.2, 0.25) is 0 Å². The molecule has 2 N–H and O–H groups in total. The Kier molecular flexibility index (Phi) is 3.01. The molecule has 0 bridgehead atoms. The molecule has 1 heterocycles. The quantitative estimate of drug-likeness (QED) is 0.840. The number of nitrogens with zero attached hydrogens (tertiary/aromatic N) is 1. The van der Waals surface area contributed by atoms with E-state index in [1.807, 2.05) is 0 Å². The SMILES string of the molecule is Cc1cccc2cc(C(C)CCN)n(C)c12. The largest absolute Gasteiger partial charge is 0.347 e. The van der Waals surface area contributed by atoms with Crippen LogP contribution in [0.4, 0.5) is 0 Å². The van der Waals surface area contributed by atoms with Crippen molar-refractivity contribution in [3.8, 4) is 0 Å². The molecule has 16 heavy (non-hydrogen) atoms. The Balaban J connectivity index is 2.56. The van der Waals surface area contributed by atoms with Gasteiger partial charge >= 0.3 is 0 Å². The van der Waals surface area contributed by atoms with Crippen LogP contribution in [-0.4, -0.2) is 11.1 Å². The molecule has 86 valence electrons. The number of rotatable bonds is 3. The van der Waals surface area contributed by atoms with Crippen molar-refractivity contribution in [3.05, 3.63) is 35.5 Å². The molecule has 0 spiro atoms. The van der Waals surface area contributed by atoms with E-state index in [9.17, 15) is 0 Å². The summed E-state index contributed by atoms with van der Waals surface area (Å²) < 4.78 is 2.31. The number of para-hydroxylation sites is 1. The number of hydrogen-bond donors (Lipinski definition) is 1. The topological polar surface area (TPSA) is 30.9 Å². The van der Waals surface area contributed by atoms with Crippen LogP contribution in [0.5, 0.6) is 0 Å². The van der Waals surface area contributed by atoms with Crippen LogP contribution in [-0.2, 0) is 7.05 Å². The summed E-state index contributed by atoms with van der Waals surface area (Å²) in [6.07, 6.45) is 1.04. The number of fused-ring (bicyclic) bond motifs is 1. The van der Waals surface area contributed by atoms with Gasteiger partial charge in [0, 0.05) is 18.1 Å². The highest BCUT2D eigenvalue weighted by Gasteiger charge is 2.12. The van der Waals surface area contributed by atoms with Gasteiger partial charge in [0.05, 0.1) is 5.52 Å². The lowest BCUT2D eigenvalue weighted by Crippen LogP contribution is -2.07. The molecule has 0 amide bonds. The zero-order valence-corrected chi connectivity index (χ0v) is 10.3. The number of aromatic nitrogens is 1. The van der Waals surface area contributed by atoms with Crippen molar-refractivity contribution in [2.24, 2.45) is 12.8 Å². The van der Waals surface area contributed by atoms with Gasteiger partial charge in [-0.15, -0.1) is 0 Å². The van der Waals surface area contributed by atoms with Crippen molar-refractivity contribution in [1.82, 2.24) is 4.57 Å². The molecule has 0 fully saturated rings. The van der Waals surface area contributed by atoms with E-state index < -0.39 is 0 Å². The first kappa shape index (κ1) is 11.2. The third-order valence-electron chi connectivity index (χ3n) is 3.40. The lowest BCUT2D eigenvalue weighted by molar-refractivity contribution is 0.644. The molecule has 0 aliphatic carbocycles. The minimum Gasteiger partial charge on any atom is -0.347 e. The molecule has 0 saturated carbocycles. The normalized spacial score (nSPS) is 13.2. The first-order chi connectivity index (χ1) is 7.65. The summed E-state index contributed by atoms with van der Waals surface area (Å²) in [5, 5.41) is 1.33. The number of benzene rings is 1. The second-order valence-electron chi connectivity index (χ2n) is 4.62. The van der Waals surface area contributed by atoms with Gasteiger partial charge in [0.1, 0.15) is 0 Å². The Labute approximate surface area is 97.1 Å². The highest BCUT2D eigenvalue weighted by atomic mass is 15.0. The Hall–Kier alpha value is -1.28. The minimum atomic E-state index is 0.529. The van der Waals surface area contributed by atoms with Crippen LogP contribution in [0.25, 0.3) is 10.9 Å². The lowest BCUT2D eigenvalue weighted by atomic mass is 10.0. The highest BCUT2D eigenvalue weighted by Crippen LogP contribution is 2.27. The summed E-state index contributed by atoms with van der Waals surface area (Å²) in [4.78, 5) is 0. The van der Waals surface area contributed by atoms with E-state index in [-0.39, 0.29) is 0 Å². The van der Waals surface area contributed by atoms with Crippen LogP contribution >= 0.6 is 0 Å². The van der Waals surface area contributed by atoms with Crippen molar-refractivity contribution in [2.45, 2.75) is 26.2 Å². The van der Waals surface area contributed by atoms with E-state index in [0.717, 1.165) is 13.0 Å². The molecule has 0 saturated heterocycles. The maximum absolute atomic E-state index is 5.63. The average molecular weight is 216 g/mol. The standard InChI is InChI=1S/C14H20N2/c1-10(7-8-15)13-9-12-6-4-5-11(2)14(12)16(13)3/h4-6,9-10H,7-8,15H2,1-3H3. The van der Waals surface area contributed by atoms with Gasteiger partial charge in [0.25, 0.3) is 0 Å². The summed E-state index contributed by atoms with van der Waals surface area (Å²) in [5.74, 6) is 0.529. The molecule has 1 unspecified atom stereocenters. The molecule has 1 atom stereocenters. The third kappa shape index (κ3) is 1.74. The monoisotopic (exact) mass is 216 g/mol. The van der Waals surface area contributed by atoms with E-state index >= 15 is 0 Å². The first-order valence-electron chi connectivity index (χ1n) is 5.90. The fourth-order valence-electron chi connectivity index (χ4n) is 2.51. The van der Waals surface area contributed by atoms with E-state index in [1.54, 1.807) is 0 Å². The molecule has 0 aliphatic heterocycles. The number of aryl methyl sites for hydroxylation is 2. The summed E-state index contributed by atoms with van der Waals surface area (Å²) in [5.41, 5.74) is 9.70. The predicted octanol–water partition coefficient (Wildman–Crippen LogP) is 2.94. The fourth-order valence-corrected chi connectivity index (χ4v) is 2.51. The van der Waals surface area contributed by atoms with Gasteiger partial charge in [-0.2, -0.15) is 0 Å². The molecular weight excluding hydrogens is 196 g/mol. The Morgan fingerprint density at radius 3 is 2.75 bits per heavy atom. The van der Waals surface area contributed by atoms with Gasteiger partial charge in [-0.05, 0) is 37.4 Å². The average Bonchev–Trinajstić information content (AvgIpc) is 2.58. The van der Waals surface area contributed by atoms with Crippen molar-refractivity contribution in [1.29, 1.82) is 0 Å². The van der Waals surface area contributed by atoms with Gasteiger partial charge < -0.3 is 10.3 Å². The maximum Gasteiger partial charge on any atom is 0.0509 e. The third-order valence-corrected chi connectivity index (χ3v) is 3.40. The molecular formula is C14H20N2. The molecule has 0 radical (unpaired) electrons. The summed E-state index contributed by atoms with van der Waals surface area (Å²) in [6.45, 7) is 5.16. The predicted molar refractivity (Wildman–Crippen MR) is 69.7 cm³/mol. The molecule has 2 aromatic rings. The van der Waals surface area contributed by atoms with E-state index in [0.29, 0.717) is 5.92 Å². The second kappa shape index (κ2) is 4.30. The Bertz CT molecular complexity index is 497. The van der Waals surface area contributed by atoms with Crippen molar-refractivity contribution in [2.75, 3.05) is 6.54 Å². The van der Waals surface area contributed by atoms with Gasteiger partial charge in [-0.25, -0.2) is 0 Å². The Morgan fingerprint density at radius 2 is 2.12 bits per heavy atom. The maximum atomic E-state index is 5.63. The summed E-state index contributed by atoms with van der Waals surface area (Å²) in [7, 11) is 2.15. The Morgan fingerprint density at radius 1 is 1.38 bits per heavy atom. The molecule has 2 nitrogen and oxygen atoms in total. The molecule has 1 aromatic carbocycles. The van der Waals surface area contributed by atoms with Crippen LogP contribution in [0.1, 0.15) is 30.5 Å². The lowest BCUT2D eigenvalue weighted by Gasteiger charge is -2.12. The second-order valence-corrected chi connectivity index (χ2v) is 4.62. The number of hydrogen-bond acceptors (Lipinski definition) is 1. The first-order valence-corrected chi connectivity index (χ1v) is 5.90. The smallest absolute Gasteiger partial charge is 0.0509 e. The zero-order valence-electron chi connectivity index (χ0n) is 10.3. The summed E-state index contributed by atoms with van der Waals surface area (Å²) in [6, 6.07) is 8.76. The molecule has 2 rings (SSSR count). The fraction of sp³-hybridized carbons (Fsp3) is 0.429. The molecule has 2 heteroatoms. The minimum absolute atomic E-state index is 0.529. The van der Waals surface area contributed by atoms with E-state index in [2.05, 4.69) is 49.7 Å². The number of nitrogens with two attached hydrogens (primary N) is 1. The zero-order chi connectivity index (χ0) is 11.7. The van der Waals surface area contributed by atoms with Crippen molar-refractivity contribution < 1.29 is 0 Å². The van der Waals surface area contributed by atoms with E-state index in [4.69, 9.17) is 5.73 Å². The molecule has 0 aliphatic rings. The van der Waals surface area contributed by atoms with Gasteiger partial charge in [0.2, 0.25) is 0 Å². The van der Waals surface area contributed by atoms with Crippen molar-refractivity contribution in [3.63, 3.8) is 0 Å². The van der Waals surface area contributed by atoms with Crippen LogP contribution < -0.4 is 5.73 Å². The van der Waals surface area contributed by atoms with Gasteiger partial charge in [-0.3, -0.25) is 0 Å². The van der Waals surface area contributed by atoms with Crippen LogP contribution in [0.15, 0.2) is 24.3 Å². The van der Waals surface area contributed by atoms with Crippen molar-refractivity contribution >= 4 is 10.9 Å². The molecule has 1 aromatic heterocycles. The highest BCUT2D eigenvalue weighted by molar-refractivity contribution is 5.84.